The maximum atomic E-state index is 12.6. The predicted octanol–water partition coefficient (Wildman–Crippen LogP) is 3.22. The summed E-state index contributed by atoms with van der Waals surface area (Å²) in [4.78, 5) is 25.9. The van der Waals surface area contributed by atoms with Crippen molar-refractivity contribution in [1.29, 1.82) is 0 Å². The van der Waals surface area contributed by atoms with Crippen molar-refractivity contribution < 1.29 is 14.3 Å². The van der Waals surface area contributed by atoms with E-state index in [0.29, 0.717) is 24.3 Å². The minimum absolute atomic E-state index is 0.0463. The van der Waals surface area contributed by atoms with Crippen molar-refractivity contribution >= 4 is 23.1 Å². The van der Waals surface area contributed by atoms with Crippen LogP contribution in [0.2, 0.25) is 0 Å². The van der Waals surface area contributed by atoms with Crippen molar-refractivity contribution in [3.05, 3.63) is 53.6 Å². The third-order valence-corrected chi connectivity index (χ3v) is 4.45. The number of anilines is 2. The average Bonchev–Trinajstić information content (AvgIpc) is 2.66. The highest BCUT2D eigenvalue weighted by atomic mass is 16.5. The van der Waals surface area contributed by atoms with Gasteiger partial charge in [0.25, 0.3) is 5.91 Å². The fourth-order valence-corrected chi connectivity index (χ4v) is 3.07. The topological polar surface area (TPSA) is 72.6 Å². The minimum atomic E-state index is -0.0970. The molecule has 5 heteroatoms. The summed E-state index contributed by atoms with van der Waals surface area (Å²) in [6.45, 7) is 2.45. The number of carbonyl (C=O) groups is 2. The number of nitrogen functional groups attached to an aromatic ring is 1. The zero-order valence-corrected chi connectivity index (χ0v) is 14.3. The number of carbonyl (C=O) groups excluding carboxylic acids is 2. The van der Waals surface area contributed by atoms with Gasteiger partial charge in [-0.25, -0.2) is 0 Å². The lowest BCUT2D eigenvalue weighted by molar-refractivity contribution is -0.120. The largest absolute Gasteiger partial charge is 0.484 e. The van der Waals surface area contributed by atoms with E-state index >= 15 is 0 Å². The number of ketones is 1. The van der Waals surface area contributed by atoms with Crippen molar-refractivity contribution in [2.45, 2.75) is 26.2 Å². The molecule has 25 heavy (non-hydrogen) atoms. The molecule has 0 saturated carbocycles. The van der Waals surface area contributed by atoms with E-state index in [4.69, 9.17) is 10.5 Å². The van der Waals surface area contributed by atoms with E-state index < -0.39 is 0 Å². The molecule has 2 aromatic carbocycles. The van der Waals surface area contributed by atoms with Crippen LogP contribution in [-0.2, 0) is 11.2 Å². The highest BCUT2D eigenvalue weighted by Gasteiger charge is 2.23. The molecule has 1 aliphatic heterocycles. The summed E-state index contributed by atoms with van der Waals surface area (Å²) in [5, 5.41) is 0. The normalized spacial score (nSPS) is 13.2. The third-order valence-electron chi connectivity index (χ3n) is 4.45. The molecule has 0 unspecified atom stereocenters. The molecule has 2 N–H and O–H groups in total. The number of nitrogens with zero attached hydrogens (tertiary/aromatic N) is 1. The number of fused-ring (bicyclic) bond motifs is 1. The molecule has 1 aliphatic rings. The summed E-state index contributed by atoms with van der Waals surface area (Å²) in [5.74, 6) is 0.566. The summed E-state index contributed by atoms with van der Waals surface area (Å²) in [7, 11) is 0. The van der Waals surface area contributed by atoms with Gasteiger partial charge in [-0.3, -0.25) is 9.59 Å². The van der Waals surface area contributed by atoms with Crippen molar-refractivity contribution in [3.8, 4) is 5.75 Å². The first-order chi connectivity index (χ1) is 12.1. The molecule has 0 spiro atoms. The van der Waals surface area contributed by atoms with E-state index in [9.17, 15) is 9.59 Å². The zero-order chi connectivity index (χ0) is 17.8. The van der Waals surface area contributed by atoms with Crippen LogP contribution < -0.4 is 15.4 Å². The number of nitrogens with two attached hydrogens (primary N) is 1. The first-order valence-corrected chi connectivity index (χ1v) is 8.54. The second kappa shape index (κ2) is 7.38. The molecule has 0 bridgehead atoms. The van der Waals surface area contributed by atoms with E-state index in [0.717, 1.165) is 29.8 Å². The van der Waals surface area contributed by atoms with E-state index in [1.54, 1.807) is 29.2 Å². The Morgan fingerprint density at radius 3 is 2.64 bits per heavy atom. The first kappa shape index (κ1) is 17.0. The molecule has 0 atom stereocenters. The molecule has 0 aliphatic carbocycles. The fourth-order valence-electron chi connectivity index (χ4n) is 3.07. The van der Waals surface area contributed by atoms with Crippen molar-refractivity contribution in [3.63, 3.8) is 0 Å². The van der Waals surface area contributed by atoms with Gasteiger partial charge in [0, 0.05) is 29.9 Å². The van der Waals surface area contributed by atoms with Crippen molar-refractivity contribution in [2.75, 3.05) is 23.8 Å². The van der Waals surface area contributed by atoms with Gasteiger partial charge in [0.05, 0.1) is 0 Å². The smallest absolute Gasteiger partial charge is 0.264 e. The molecule has 0 aromatic heterocycles. The highest BCUT2D eigenvalue weighted by Crippen LogP contribution is 2.31. The molecule has 5 nitrogen and oxygen atoms in total. The van der Waals surface area contributed by atoms with Gasteiger partial charge in [-0.15, -0.1) is 0 Å². The summed E-state index contributed by atoms with van der Waals surface area (Å²) in [6.07, 6.45) is 2.25. The van der Waals surface area contributed by atoms with Gasteiger partial charge in [0.1, 0.15) is 5.75 Å². The van der Waals surface area contributed by atoms with Crippen LogP contribution in [0, 0.1) is 0 Å². The molecular weight excluding hydrogens is 316 g/mol. The van der Waals surface area contributed by atoms with Gasteiger partial charge in [-0.05, 0) is 54.8 Å². The number of Topliss-reactive ketones (excluding diaryl/α,β-unsaturated/α-hetero) is 1. The number of amides is 1. The van der Waals surface area contributed by atoms with Gasteiger partial charge in [-0.1, -0.05) is 13.0 Å². The van der Waals surface area contributed by atoms with Crippen LogP contribution in [0.1, 0.15) is 35.7 Å². The van der Waals surface area contributed by atoms with Gasteiger partial charge < -0.3 is 15.4 Å². The van der Waals surface area contributed by atoms with Crippen molar-refractivity contribution in [2.24, 2.45) is 0 Å². The van der Waals surface area contributed by atoms with E-state index in [2.05, 4.69) is 0 Å². The van der Waals surface area contributed by atoms with Crippen molar-refractivity contribution in [1.82, 2.24) is 0 Å². The molecule has 0 saturated heterocycles. The van der Waals surface area contributed by atoms with Crippen LogP contribution in [0.3, 0.4) is 0 Å². The van der Waals surface area contributed by atoms with Crippen LogP contribution in [0.25, 0.3) is 0 Å². The molecular formula is C20H22N2O3. The van der Waals surface area contributed by atoms with Crippen LogP contribution in [0.4, 0.5) is 11.4 Å². The van der Waals surface area contributed by atoms with Gasteiger partial charge in [-0.2, -0.15) is 0 Å². The Bertz CT molecular complexity index is 784. The van der Waals surface area contributed by atoms with Crippen LogP contribution in [-0.4, -0.2) is 24.8 Å². The van der Waals surface area contributed by atoms with Gasteiger partial charge in [0.2, 0.25) is 0 Å². The van der Waals surface area contributed by atoms with Crippen LogP contribution in [0.5, 0.6) is 5.75 Å². The Morgan fingerprint density at radius 2 is 1.92 bits per heavy atom. The monoisotopic (exact) mass is 338 g/mol. The molecule has 130 valence electrons. The van der Waals surface area contributed by atoms with Crippen LogP contribution in [0.15, 0.2) is 42.5 Å². The fraction of sp³-hybridized carbons (Fsp3) is 0.300. The Morgan fingerprint density at radius 1 is 1.16 bits per heavy atom. The summed E-state index contributed by atoms with van der Waals surface area (Å²) < 4.78 is 5.60. The lowest BCUT2D eigenvalue weighted by atomic mass is 10.00. The molecule has 0 radical (unpaired) electrons. The van der Waals surface area contributed by atoms with Crippen LogP contribution >= 0.6 is 0 Å². The number of hydrogen-bond acceptors (Lipinski definition) is 4. The number of hydrogen-bond donors (Lipinski definition) is 1. The second-order valence-corrected chi connectivity index (χ2v) is 6.08. The predicted molar refractivity (Wildman–Crippen MR) is 98.1 cm³/mol. The summed E-state index contributed by atoms with van der Waals surface area (Å²) >= 11 is 0. The summed E-state index contributed by atoms with van der Waals surface area (Å²) in [6, 6.07) is 12.5. The summed E-state index contributed by atoms with van der Waals surface area (Å²) in [5.41, 5.74) is 9.32. The minimum Gasteiger partial charge on any atom is -0.484 e. The lowest BCUT2D eigenvalue weighted by Gasteiger charge is -2.30. The first-order valence-electron chi connectivity index (χ1n) is 8.54. The zero-order valence-electron chi connectivity index (χ0n) is 14.3. The van der Waals surface area contributed by atoms with Gasteiger partial charge >= 0.3 is 0 Å². The quantitative estimate of drug-likeness (QED) is 0.671. The lowest BCUT2D eigenvalue weighted by Crippen LogP contribution is -2.38. The maximum absolute atomic E-state index is 12.6. The highest BCUT2D eigenvalue weighted by molar-refractivity contribution is 5.97. The molecule has 3 rings (SSSR count). The molecule has 1 heterocycles. The number of benzene rings is 2. The maximum Gasteiger partial charge on any atom is 0.264 e. The number of ether oxygens (including phenoxy) is 1. The second-order valence-electron chi connectivity index (χ2n) is 6.08. The molecule has 1 amide bonds. The standard InChI is InChI=1S/C20H22N2O3/c1-2-19(23)14-8-10-15(11-9-14)25-13-20(24)22-12-4-5-16-17(21)6-3-7-18(16)22/h3,6-11H,2,4-5,12-13,21H2,1H3. The number of rotatable bonds is 5. The van der Waals surface area contributed by atoms with E-state index in [1.165, 1.54) is 0 Å². The van der Waals surface area contributed by atoms with E-state index in [1.807, 2.05) is 25.1 Å². The Labute approximate surface area is 147 Å². The Hall–Kier alpha value is -2.82. The van der Waals surface area contributed by atoms with Gasteiger partial charge in [0.15, 0.2) is 12.4 Å². The SMILES string of the molecule is CCC(=O)c1ccc(OCC(=O)N2CCCc3c(N)cccc32)cc1. The van der Waals surface area contributed by atoms with E-state index in [-0.39, 0.29) is 18.3 Å². The Kier molecular flexibility index (Phi) is 5.03. The third kappa shape index (κ3) is 3.65. The molecule has 2 aromatic rings. The average molecular weight is 338 g/mol. The molecule has 0 fully saturated rings. The Balaban J connectivity index is 1.66.